The fraction of sp³-hybridized carbons (Fsp3) is 0.455. The van der Waals surface area contributed by atoms with Gasteiger partial charge in [0.15, 0.2) is 11.6 Å². The molecule has 0 aliphatic carbocycles. The number of carbonyl (C=O) groups excluding carboxylic acids is 1. The number of alkyl halides is 3. The molecule has 2 aromatic heterocycles. The number of hydrogen-bond acceptors (Lipinski definition) is 5. The molecule has 4 heterocycles. The van der Waals surface area contributed by atoms with Crippen LogP contribution in [0.25, 0.3) is 11.5 Å². The van der Waals surface area contributed by atoms with Crippen molar-refractivity contribution in [1.82, 2.24) is 29.6 Å². The summed E-state index contributed by atoms with van der Waals surface area (Å²) in [5.74, 6) is 1.75. The van der Waals surface area contributed by atoms with Gasteiger partial charge in [-0.15, -0.1) is 10.2 Å². The number of nitrogens with zero attached hydrogens (tertiary/aromatic N) is 5. The summed E-state index contributed by atoms with van der Waals surface area (Å²) in [4.78, 5) is 22.1. The minimum absolute atomic E-state index is 0.00639. The summed E-state index contributed by atoms with van der Waals surface area (Å²) in [7, 11) is 1.61. The third kappa shape index (κ3) is 4.12. The predicted octanol–water partition coefficient (Wildman–Crippen LogP) is 3.63. The van der Waals surface area contributed by atoms with E-state index in [1.165, 1.54) is 17.0 Å². The lowest BCUT2D eigenvalue weighted by Crippen LogP contribution is -2.41. The Morgan fingerprint density at radius 1 is 1.30 bits per heavy atom. The van der Waals surface area contributed by atoms with Crippen molar-refractivity contribution >= 4 is 5.91 Å². The van der Waals surface area contributed by atoms with E-state index in [4.69, 9.17) is 4.74 Å². The average Bonchev–Trinajstić information content (AvgIpc) is 3.55. The van der Waals surface area contributed by atoms with Crippen molar-refractivity contribution in [2.24, 2.45) is 0 Å². The Morgan fingerprint density at radius 2 is 2.15 bits per heavy atom. The number of halogens is 3. The summed E-state index contributed by atoms with van der Waals surface area (Å²) in [6.45, 7) is 1.29. The first-order valence-electron chi connectivity index (χ1n) is 10.8. The highest BCUT2D eigenvalue weighted by molar-refractivity contribution is 5.94. The number of aromatic nitrogens is 5. The normalized spacial score (nSPS) is 20.6. The highest BCUT2D eigenvalue weighted by Gasteiger charge is 2.34. The Hall–Kier alpha value is -3.21. The van der Waals surface area contributed by atoms with Gasteiger partial charge in [-0.25, -0.2) is 4.98 Å². The zero-order valence-corrected chi connectivity index (χ0v) is 18.0. The number of aromatic amines is 1. The van der Waals surface area contributed by atoms with Gasteiger partial charge in [0.05, 0.1) is 11.8 Å². The van der Waals surface area contributed by atoms with Crippen molar-refractivity contribution in [3.8, 4) is 11.5 Å². The second-order valence-corrected chi connectivity index (χ2v) is 8.41. The molecule has 2 aliphatic rings. The second kappa shape index (κ2) is 8.29. The zero-order chi connectivity index (χ0) is 23.2. The van der Waals surface area contributed by atoms with E-state index in [2.05, 4.69) is 24.7 Å². The van der Waals surface area contributed by atoms with E-state index in [0.717, 1.165) is 43.0 Å². The molecule has 1 saturated heterocycles. The van der Waals surface area contributed by atoms with Crippen molar-refractivity contribution < 1.29 is 22.7 Å². The van der Waals surface area contributed by atoms with Gasteiger partial charge in [0.25, 0.3) is 5.91 Å². The topological polar surface area (TPSA) is 88.9 Å². The molecular weight excluding hydrogens is 437 g/mol. The fourth-order valence-corrected chi connectivity index (χ4v) is 4.50. The molecule has 0 saturated carbocycles. The van der Waals surface area contributed by atoms with Crippen molar-refractivity contribution in [2.75, 3.05) is 13.7 Å². The van der Waals surface area contributed by atoms with Crippen molar-refractivity contribution in [2.45, 2.75) is 50.6 Å². The molecule has 0 spiro atoms. The molecule has 5 rings (SSSR count). The van der Waals surface area contributed by atoms with Gasteiger partial charge in [-0.05, 0) is 31.0 Å². The summed E-state index contributed by atoms with van der Waals surface area (Å²) in [6, 6.07) is 4.29. The number of H-pyrrole nitrogens is 1. The lowest BCUT2D eigenvalue weighted by atomic mass is 10.00. The number of carbonyl (C=O) groups is 1. The summed E-state index contributed by atoms with van der Waals surface area (Å²) >= 11 is 0. The van der Waals surface area contributed by atoms with E-state index < -0.39 is 23.8 Å². The van der Waals surface area contributed by atoms with Crippen LogP contribution in [0, 0.1) is 0 Å². The zero-order valence-electron chi connectivity index (χ0n) is 18.0. The van der Waals surface area contributed by atoms with Crippen LogP contribution in [0.4, 0.5) is 13.2 Å². The van der Waals surface area contributed by atoms with Gasteiger partial charge in [-0.1, -0.05) is 6.07 Å². The number of hydrogen-bond donors (Lipinski definition) is 1. The highest BCUT2D eigenvalue weighted by atomic mass is 19.4. The molecule has 0 radical (unpaired) electrons. The van der Waals surface area contributed by atoms with Gasteiger partial charge >= 0.3 is 6.18 Å². The van der Waals surface area contributed by atoms with Crippen molar-refractivity contribution in [3.05, 3.63) is 53.2 Å². The van der Waals surface area contributed by atoms with Crippen LogP contribution >= 0.6 is 0 Å². The molecule has 174 valence electrons. The predicted molar refractivity (Wildman–Crippen MR) is 111 cm³/mol. The number of aryl methyl sites for hydroxylation is 1. The van der Waals surface area contributed by atoms with Crippen LogP contribution in [-0.2, 0) is 23.9 Å². The summed E-state index contributed by atoms with van der Waals surface area (Å²) in [5, 5.41) is 8.52. The Kier molecular flexibility index (Phi) is 5.43. The number of rotatable bonds is 4. The molecule has 1 fully saturated rings. The van der Waals surface area contributed by atoms with Crippen LogP contribution in [0.15, 0.2) is 30.5 Å². The number of imidazole rings is 1. The molecule has 0 bridgehead atoms. The number of amides is 1. The van der Waals surface area contributed by atoms with Gasteiger partial charge < -0.3 is 19.2 Å². The maximum atomic E-state index is 13.0. The lowest BCUT2D eigenvalue weighted by Gasteiger charge is -2.34. The molecule has 33 heavy (non-hydrogen) atoms. The Labute approximate surface area is 187 Å². The van der Waals surface area contributed by atoms with Crippen molar-refractivity contribution in [1.29, 1.82) is 0 Å². The van der Waals surface area contributed by atoms with E-state index in [1.807, 2.05) is 0 Å². The fourth-order valence-electron chi connectivity index (χ4n) is 4.50. The van der Waals surface area contributed by atoms with E-state index in [9.17, 15) is 18.0 Å². The van der Waals surface area contributed by atoms with E-state index in [1.54, 1.807) is 13.2 Å². The molecule has 2 aliphatic heterocycles. The second-order valence-electron chi connectivity index (χ2n) is 8.41. The van der Waals surface area contributed by atoms with Gasteiger partial charge in [-0.3, -0.25) is 4.79 Å². The summed E-state index contributed by atoms with van der Waals surface area (Å²) in [5.41, 5.74) is 0.0458. The molecule has 1 N–H and O–H groups in total. The van der Waals surface area contributed by atoms with Gasteiger partial charge in [0.1, 0.15) is 17.6 Å². The molecular formula is C22H23F3N6O2. The van der Waals surface area contributed by atoms with Crippen LogP contribution in [0.1, 0.15) is 52.9 Å². The molecule has 2 atom stereocenters. The monoisotopic (exact) mass is 460 g/mol. The highest BCUT2D eigenvalue weighted by Crippen LogP contribution is 2.32. The van der Waals surface area contributed by atoms with Gasteiger partial charge in [0, 0.05) is 44.6 Å². The summed E-state index contributed by atoms with van der Waals surface area (Å²) in [6.07, 6.45) is -0.0850. The first-order valence-corrected chi connectivity index (χ1v) is 10.8. The van der Waals surface area contributed by atoms with Crippen LogP contribution in [0.5, 0.6) is 0 Å². The quantitative estimate of drug-likeness (QED) is 0.643. The Bertz CT molecular complexity index is 1170. The molecule has 8 nitrogen and oxygen atoms in total. The van der Waals surface area contributed by atoms with E-state index in [-0.39, 0.29) is 11.6 Å². The molecule has 0 unspecified atom stereocenters. The third-order valence-corrected chi connectivity index (χ3v) is 6.33. The largest absolute Gasteiger partial charge is 0.416 e. The van der Waals surface area contributed by atoms with Crippen LogP contribution in [-0.4, -0.2) is 55.2 Å². The van der Waals surface area contributed by atoms with Crippen LogP contribution < -0.4 is 0 Å². The minimum Gasteiger partial charge on any atom is -0.370 e. The Balaban J connectivity index is 1.30. The van der Waals surface area contributed by atoms with E-state index >= 15 is 0 Å². The Morgan fingerprint density at radius 3 is 2.97 bits per heavy atom. The number of nitrogens with one attached hydrogen (secondary N) is 1. The molecule has 3 aromatic rings. The maximum Gasteiger partial charge on any atom is 0.416 e. The first kappa shape index (κ1) is 21.6. The van der Waals surface area contributed by atoms with E-state index in [0.29, 0.717) is 31.1 Å². The minimum atomic E-state index is -4.50. The van der Waals surface area contributed by atoms with Crippen LogP contribution in [0.3, 0.4) is 0 Å². The standard InChI is InChI=1S/C22H23F3N6O2/c1-30(21(32)13-4-2-5-14(10-13)22(23,24)25)15-7-9-33-17(11-15)20-27-19(28-29-20)16-12-26-18-6-3-8-31(16)18/h2,4-5,10,12,15,17H,3,6-9,11H2,1H3,(H,27,28,29)/t15-,17+/m1/s1. The number of fused-ring (bicyclic) bond motifs is 1. The molecule has 1 aromatic carbocycles. The van der Waals surface area contributed by atoms with Gasteiger partial charge in [0.2, 0.25) is 0 Å². The number of ether oxygens (including phenoxy) is 1. The molecule has 1 amide bonds. The van der Waals surface area contributed by atoms with Gasteiger partial charge in [-0.2, -0.15) is 13.2 Å². The lowest BCUT2D eigenvalue weighted by molar-refractivity contribution is -0.137. The average molecular weight is 460 g/mol. The maximum absolute atomic E-state index is 13.0. The van der Waals surface area contributed by atoms with Crippen LogP contribution in [0.2, 0.25) is 0 Å². The molecule has 11 heteroatoms. The smallest absolute Gasteiger partial charge is 0.370 e. The van der Waals surface area contributed by atoms with Crippen molar-refractivity contribution in [3.63, 3.8) is 0 Å². The first-order chi connectivity index (χ1) is 15.8. The SMILES string of the molecule is CN(C(=O)c1cccc(C(F)(F)F)c1)[C@@H]1CCO[C@H](c2nnc(-c3cnc4n3CCC4)[nH]2)C1. The third-order valence-electron chi connectivity index (χ3n) is 6.33. The summed E-state index contributed by atoms with van der Waals surface area (Å²) < 4.78 is 47.1. The number of benzene rings is 1.